The summed E-state index contributed by atoms with van der Waals surface area (Å²) in [7, 11) is 0. The van der Waals surface area contributed by atoms with Gasteiger partial charge < -0.3 is 4.74 Å². The fourth-order valence-electron chi connectivity index (χ4n) is 0.950. The molecule has 2 nitrogen and oxygen atoms in total. The van der Waals surface area contributed by atoms with Gasteiger partial charge in [-0.1, -0.05) is 6.92 Å². The number of halogens is 2. The minimum absolute atomic E-state index is 0.101. The van der Waals surface area contributed by atoms with Gasteiger partial charge in [0.2, 0.25) is 0 Å². The Morgan fingerprint density at radius 2 is 1.86 bits per heavy atom. The standard InChI is InChI=1S/C10H10F2O2/c1-2-3-14-10(13)7-4-8(11)6-9(12)5-7/h4-6H,2-3H2,1H3. The van der Waals surface area contributed by atoms with Crippen LogP contribution >= 0.6 is 0 Å². The van der Waals surface area contributed by atoms with Crippen LogP contribution in [0.3, 0.4) is 0 Å². The van der Waals surface area contributed by atoms with E-state index in [0.717, 1.165) is 12.1 Å². The lowest BCUT2D eigenvalue weighted by atomic mass is 10.2. The normalized spacial score (nSPS) is 9.93. The lowest BCUT2D eigenvalue weighted by Crippen LogP contribution is -2.06. The van der Waals surface area contributed by atoms with E-state index in [0.29, 0.717) is 12.5 Å². The van der Waals surface area contributed by atoms with Crippen LogP contribution < -0.4 is 0 Å². The molecule has 0 fully saturated rings. The maximum atomic E-state index is 12.7. The zero-order chi connectivity index (χ0) is 10.6. The molecule has 1 aromatic rings. The summed E-state index contributed by atoms with van der Waals surface area (Å²) in [5, 5.41) is 0. The number of rotatable bonds is 3. The van der Waals surface area contributed by atoms with E-state index >= 15 is 0 Å². The van der Waals surface area contributed by atoms with Gasteiger partial charge in [-0.05, 0) is 18.6 Å². The van der Waals surface area contributed by atoms with Gasteiger partial charge in [0.05, 0.1) is 12.2 Å². The molecule has 0 saturated heterocycles. The number of benzene rings is 1. The summed E-state index contributed by atoms with van der Waals surface area (Å²) in [5.74, 6) is -2.27. The highest BCUT2D eigenvalue weighted by Gasteiger charge is 2.09. The van der Waals surface area contributed by atoms with Gasteiger partial charge in [-0.3, -0.25) is 0 Å². The Balaban J connectivity index is 2.79. The number of ether oxygens (including phenoxy) is 1. The van der Waals surface area contributed by atoms with Crippen LogP contribution in [0.25, 0.3) is 0 Å². The molecule has 0 saturated carbocycles. The van der Waals surface area contributed by atoms with Crippen LogP contribution in [-0.2, 0) is 4.74 Å². The molecule has 0 bridgehead atoms. The van der Waals surface area contributed by atoms with E-state index in [9.17, 15) is 13.6 Å². The molecule has 0 amide bonds. The fraction of sp³-hybridized carbons (Fsp3) is 0.300. The molecule has 0 spiro atoms. The predicted molar refractivity (Wildman–Crippen MR) is 46.9 cm³/mol. The van der Waals surface area contributed by atoms with E-state index in [1.807, 2.05) is 6.92 Å². The smallest absolute Gasteiger partial charge is 0.338 e. The van der Waals surface area contributed by atoms with Crippen LogP contribution in [0.1, 0.15) is 23.7 Å². The zero-order valence-electron chi connectivity index (χ0n) is 7.72. The van der Waals surface area contributed by atoms with Gasteiger partial charge >= 0.3 is 5.97 Å². The van der Waals surface area contributed by atoms with Crippen LogP contribution in [0.15, 0.2) is 18.2 Å². The first-order valence-corrected chi connectivity index (χ1v) is 4.26. The highest BCUT2D eigenvalue weighted by molar-refractivity contribution is 5.89. The molecule has 0 N–H and O–H groups in total. The molecule has 4 heteroatoms. The summed E-state index contributed by atoms with van der Waals surface area (Å²) in [6, 6.07) is 2.60. The molecule has 76 valence electrons. The second kappa shape index (κ2) is 4.69. The fourth-order valence-corrected chi connectivity index (χ4v) is 0.950. The van der Waals surface area contributed by atoms with E-state index < -0.39 is 17.6 Å². The number of hydrogen-bond acceptors (Lipinski definition) is 2. The molecule has 0 atom stereocenters. The predicted octanol–water partition coefficient (Wildman–Crippen LogP) is 2.53. The van der Waals surface area contributed by atoms with Gasteiger partial charge in [0.15, 0.2) is 0 Å². The first kappa shape index (κ1) is 10.6. The van der Waals surface area contributed by atoms with Crippen LogP contribution in [0.4, 0.5) is 8.78 Å². The quantitative estimate of drug-likeness (QED) is 0.701. The third kappa shape index (κ3) is 2.80. The second-order valence-electron chi connectivity index (χ2n) is 2.79. The Labute approximate surface area is 80.5 Å². The maximum Gasteiger partial charge on any atom is 0.338 e. The van der Waals surface area contributed by atoms with Crippen molar-refractivity contribution in [3.05, 3.63) is 35.4 Å². The van der Waals surface area contributed by atoms with Crippen molar-refractivity contribution < 1.29 is 18.3 Å². The molecule has 0 radical (unpaired) electrons. The van der Waals surface area contributed by atoms with Gasteiger partial charge in [0.25, 0.3) is 0 Å². The summed E-state index contributed by atoms with van der Waals surface area (Å²) >= 11 is 0. The molecule has 1 aromatic carbocycles. The number of carbonyl (C=O) groups excluding carboxylic acids is 1. The number of carbonyl (C=O) groups is 1. The Morgan fingerprint density at radius 1 is 1.29 bits per heavy atom. The van der Waals surface area contributed by atoms with Crippen LogP contribution in [0.5, 0.6) is 0 Å². The Morgan fingerprint density at radius 3 is 2.36 bits per heavy atom. The van der Waals surface area contributed by atoms with Gasteiger partial charge in [0.1, 0.15) is 11.6 Å². The SMILES string of the molecule is CCCOC(=O)c1cc(F)cc(F)c1. The van der Waals surface area contributed by atoms with Crippen LogP contribution in [-0.4, -0.2) is 12.6 Å². The van der Waals surface area contributed by atoms with E-state index in [2.05, 4.69) is 0 Å². The summed E-state index contributed by atoms with van der Waals surface area (Å²) in [4.78, 5) is 11.2. The maximum absolute atomic E-state index is 12.7. The lowest BCUT2D eigenvalue weighted by molar-refractivity contribution is 0.0504. The third-order valence-corrected chi connectivity index (χ3v) is 1.54. The molecule has 0 aliphatic carbocycles. The van der Waals surface area contributed by atoms with Crippen LogP contribution in [0.2, 0.25) is 0 Å². The average molecular weight is 200 g/mol. The van der Waals surface area contributed by atoms with Crippen molar-refractivity contribution in [3.8, 4) is 0 Å². The minimum atomic E-state index is -0.784. The van der Waals surface area contributed by atoms with Crippen molar-refractivity contribution in [1.82, 2.24) is 0 Å². The first-order valence-electron chi connectivity index (χ1n) is 4.26. The molecule has 14 heavy (non-hydrogen) atoms. The van der Waals surface area contributed by atoms with Gasteiger partial charge in [-0.25, -0.2) is 13.6 Å². The molecular formula is C10H10F2O2. The van der Waals surface area contributed by atoms with E-state index in [1.54, 1.807) is 0 Å². The van der Waals surface area contributed by atoms with Crippen molar-refractivity contribution in [2.45, 2.75) is 13.3 Å². The topological polar surface area (TPSA) is 26.3 Å². The largest absolute Gasteiger partial charge is 0.462 e. The van der Waals surface area contributed by atoms with Crippen molar-refractivity contribution in [2.75, 3.05) is 6.61 Å². The third-order valence-electron chi connectivity index (χ3n) is 1.54. The molecule has 0 unspecified atom stereocenters. The van der Waals surface area contributed by atoms with Crippen LogP contribution in [0, 0.1) is 11.6 Å². The van der Waals surface area contributed by atoms with E-state index in [1.165, 1.54) is 0 Å². The molecule has 1 rings (SSSR count). The zero-order valence-corrected chi connectivity index (χ0v) is 7.72. The first-order chi connectivity index (χ1) is 6.63. The highest BCUT2D eigenvalue weighted by Crippen LogP contribution is 2.09. The summed E-state index contributed by atoms with van der Waals surface area (Å²) < 4.78 is 30.0. The second-order valence-corrected chi connectivity index (χ2v) is 2.79. The molecule has 0 heterocycles. The number of hydrogen-bond donors (Lipinski definition) is 0. The summed E-state index contributed by atoms with van der Waals surface area (Å²) in [6.45, 7) is 2.08. The van der Waals surface area contributed by atoms with Crippen molar-refractivity contribution in [1.29, 1.82) is 0 Å². The van der Waals surface area contributed by atoms with Gasteiger partial charge in [-0.2, -0.15) is 0 Å². The van der Waals surface area contributed by atoms with E-state index in [-0.39, 0.29) is 12.2 Å². The lowest BCUT2D eigenvalue weighted by Gasteiger charge is -2.02. The van der Waals surface area contributed by atoms with Gasteiger partial charge in [-0.15, -0.1) is 0 Å². The highest BCUT2D eigenvalue weighted by atomic mass is 19.1. The molecule has 0 aliphatic heterocycles. The molecule has 0 aliphatic rings. The van der Waals surface area contributed by atoms with Crippen molar-refractivity contribution >= 4 is 5.97 Å². The van der Waals surface area contributed by atoms with Gasteiger partial charge in [0, 0.05) is 6.07 Å². The van der Waals surface area contributed by atoms with Crippen molar-refractivity contribution in [3.63, 3.8) is 0 Å². The Bertz CT molecular complexity index is 317. The summed E-state index contributed by atoms with van der Waals surface area (Å²) in [6.07, 6.45) is 0.670. The summed E-state index contributed by atoms with van der Waals surface area (Å²) in [5.41, 5.74) is -0.101. The minimum Gasteiger partial charge on any atom is -0.462 e. The Kier molecular flexibility index (Phi) is 3.56. The van der Waals surface area contributed by atoms with Crippen molar-refractivity contribution in [2.24, 2.45) is 0 Å². The average Bonchev–Trinajstić information content (AvgIpc) is 2.12. The molecular weight excluding hydrogens is 190 g/mol. The Hall–Kier alpha value is -1.45. The number of esters is 1. The molecule has 0 aromatic heterocycles. The monoisotopic (exact) mass is 200 g/mol. The van der Waals surface area contributed by atoms with E-state index in [4.69, 9.17) is 4.74 Å².